The van der Waals surface area contributed by atoms with Gasteiger partial charge in [-0.3, -0.25) is 9.59 Å². The number of hydrogen-bond acceptors (Lipinski definition) is 3. The van der Waals surface area contributed by atoms with Crippen molar-refractivity contribution in [2.75, 3.05) is 39.4 Å². The summed E-state index contributed by atoms with van der Waals surface area (Å²) in [6.07, 6.45) is 4.09. The van der Waals surface area contributed by atoms with Gasteiger partial charge in [-0.2, -0.15) is 0 Å². The van der Waals surface area contributed by atoms with Gasteiger partial charge in [0.05, 0.1) is 19.6 Å². The van der Waals surface area contributed by atoms with Crippen LogP contribution in [0.25, 0.3) is 0 Å². The number of rotatable bonds is 3. The molecule has 6 heteroatoms. The largest absolute Gasteiger partial charge is 0.378 e. The Kier molecular flexibility index (Phi) is 5.17. The van der Waals surface area contributed by atoms with Crippen LogP contribution in [0.5, 0.6) is 0 Å². The average molecular weight is 374 g/mol. The zero-order chi connectivity index (χ0) is 18.9. The zero-order valence-electron chi connectivity index (χ0n) is 15.7. The van der Waals surface area contributed by atoms with E-state index in [-0.39, 0.29) is 35.4 Å². The summed E-state index contributed by atoms with van der Waals surface area (Å²) in [7, 11) is 0. The standard InChI is InChI=1S/C21H27FN2O3/c22-17-4-1-3-16(13-17)14-19(25)24-8-7-21(15-24)6-2-5-18(21)20(26)23-9-11-27-12-10-23/h1,3-4,13,18H,2,5-12,14-15H2. The maximum Gasteiger partial charge on any atom is 0.227 e. The van der Waals surface area contributed by atoms with Gasteiger partial charge < -0.3 is 14.5 Å². The monoisotopic (exact) mass is 374 g/mol. The molecule has 2 amide bonds. The summed E-state index contributed by atoms with van der Waals surface area (Å²) in [5, 5.41) is 0. The molecule has 0 N–H and O–H groups in total. The Bertz CT molecular complexity index is 719. The zero-order valence-corrected chi connectivity index (χ0v) is 15.7. The van der Waals surface area contributed by atoms with Crippen LogP contribution in [0.15, 0.2) is 24.3 Å². The molecule has 146 valence electrons. The van der Waals surface area contributed by atoms with Gasteiger partial charge in [-0.1, -0.05) is 18.6 Å². The van der Waals surface area contributed by atoms with E-state index >= 15 is 0 Å². The molecule has 1 aromatic carbocycles. The van der Waals surface area contributed by atoms with Crippen molar-refractivity contribution in [2.45, 2.75) is 32.1 Å². The van der Waals surface area contributed by atoms with Gasteiger partial charge in [0.15, 0.2) is 0 Å². The molecule has 2 heterocycles. The Labute approximate surface area is 159 Å². The molecule has 5 nitrogen and oxygen atoms in total. The quantitative estimate of drug-likeness (QED) is 0.815. The van der Waals surface area contributed by atoms with Crippen molar-refractivity contribution >= 4 is 11.8 Å². The third-order valence-corrected chi connectivity index (χ3v) is 6.51. The number of ether oxygens (including phenoxy) is 1. The molecule has 0 radical (unpaired) electrons. The fourth-order valence-corrected chi connectivity index (χ4v) is 5.06. The van der Waals surface area contributed by atoms with Crippen molar-refractivity contribution in [3.05, 3.63) is 35.6 Å². The van der Waals surface area contributed by atoms with Crippen molar-refractivity contribution in [3.63, 3.8) is 0 Å². The fraction of sp³-hybridized carbons (Fsp3) is 0.619. The molecule has 2 atom stereocenters. The molecule has 1 saturated carbocycles. The molecule has 27 heavy (non-hydrogen) atoms. The molecule has 2 aliphatic heterocycles. The van der Waals surface area contributed by atoms with Gasteiger partial charge in [-0.25, -0.2) is 4.39 Å². The van der Waals surface area contributed by atoms with Crippen LogP contribution in [0.2, 0.25) is 0 Å². The Balaban J connectivity index is 1.42. The Morgan fingerprint density at radius 3 is 2.74 bits per heavy atom. The second kappa shape index (κ2) is 7.58. The summed E-state index contributed by atoms with van der Waals surface area (Å²) in [6.45, 7) is 3.93. The molecule has 2 saturated heterocycles. The minimum atomic E-state index is -0.315. The van der Waals surface area contributed by atoms with Gasteiger partial charge in [0.25, 0.3) is 0 Å². The van der Waals surface area contributed by atoms with Crippen LogP contribution in [0, 0.1) is 17.2 Å². The molecule has 1 aliphatic carbocycles. The highest BCUT2D eigenvalue weighted by atomic mass is 19.1. The Hall–Kier alpha value is -1.95. The van der Waals surface area contributed by atoms with E-state index in [1.807, 2.05) is 9.80 Å². The van der Waals surface area contributed by atoms with Crippen LogP contribution in [-0.4, -0.2) is 61.0 Å². The highest BCUT2D eigenvalue weighted by molar-refractivity contribution is 5.82. The summed E-state index contributed by atoms with van der Waals surface area (Å²) in [5.41, 5.74) is 0.626. The van der Waals surface area contributed by atoms with Crippen molar-refractivity contribution in [2.24, 2.45) is 11.3 Å². The van der Waals surface area contributed by atoms with E-state index in [4.69, 9.17) is 4.74 Å². The van der Waals surface area contributed by atoms with E-state index in [0.29, 0.717) is 45.0 Å². The van der Waals surface area contributed by atoms with Crippen LogP contribution < -0.4 is 0 Å². The van der Waals surface area contributed by atoms with Crippen molar-refractivity contribution < 1.29 is 18.7 Å². The second-order valence-corrected chi connectivity index (χ2v) is 8.12. The van der Waals surface area contributed by atoms with Crippen molar-refractivity contribution in [1.29, 1.82) is 0 Å². The number of amides is 2. The number of nitrogens with zero attached hydrogens (tertiary/aromatic N) is 2. The lowest BCUT2D eigenvalue weighted by atomic mass is 9.76. The van der Waals surface area contributed by atoms with E-state index in [1.165, 1.54) is 12.1 Å². The summed E-state index contributed by atoms with van der Waals surface area (Å²) in [4.78, 5) is 29.7. The molecule has 1 spiro atoms. The summed E-state index contributed by atoms with van der Waals surface area (Å²) in [5.74, 6) is -0.0232. The first kappa shape index (κ1) is 18.4. The topological polar surface area (TPSA) is 49.9 Å². The van der Waals surface area contributed by atoms with Gasteiger partial charge in [0.2, 0.25) is 11.8 Å². The van der Waals surface area contributed by atoms with Crippen LogP contribution in [0.3, 0.4) is 0 Å². The third-order valence-electron chi connectivity index (χ3n) is 6.51. The second-order valence-electron chi connectivity index (χ2n) is 8.12. The number of carbonyl (C=O) groups is 2. The number of carbonyl (C=O) groups excluding carboxylic acids is 2. The highest BCUT2D eigenvalue weighted by Crippen LogP contribution is 2.50. The van der Waals surface area contributed by atoms with Crippen LogP contribution in [0.4, 0.5) is 4.39 Å². The van der Waals surface area contributed by atoms with E-state index in [1.54, 1.807) is 12.1 Å². The Morgan fingerprint density at radius 1 is 1.15 bits per heavy atom. The summed E-state index contributed by atoms with van der Waals surface area (Å²) < 4.78 is 18.7. The SMILES string of the molecule is O=C(Cc1cccc(F)c1)N1CCC2(CCCC2C(=O)N2CCOCC2)C1. The predicted octanol–water partition coefficient (Wildman–Crippen LogP) is 2.25. The maximum absolute atomic E-state index is 13.4. The van der Waals surface area contributed by atoms with Gasteiger partial charge in [0, 0.05) is 37.5 Å². The molecule has 4 rings (SSSR count). The first-order valence-electron chi connectivity index (χ1n) is 9.96. The van der Waals surface area contributed by atoms with Gasteiger partial charge in [-0.05, 0) is 37.0 Å². The molecule has 0 bridgehead atoms. The lowest BCUT2D eigenvalue weighted by molar-refractivity contribution is -0.143. The number of morpholine rings is 1. The maximum atomic E-state index is 13.4. The first-order valence-corrected chi connectivity index (χ1v) is 9.96. The molecular formula is C21H27FN2O3. The van der Waals surface area contributed by atoms with Crippen molar-refractivity contribution in [3.8, 4) is 0 Å². The summed E-state index contributed by atoms with van der Waals surface area (Å²) in [6, 6.07) is 6.23. The van der Waals surface area contributed by atoms with E-state index in [9.17, 15) is 14.0 Å². The fourth-order valence-electron chi connectivity index (χ4n) is 5.06. The molecule has 3 aliphatic rings. The molecule has 0 aromatic heterocycles. The third kappa shape index (κ3) is 3.72. The van der Waals surface area contributed by atoms with Gasteiger partial charge >= 0.3 is 0 Å². The Morgan fingerprint density at radius 2 is 1.96 bits per heavy atom. The minimum absolute atomic E-state index is 0.0163. The normalized spacial score (nSPS) is 28.1. The van der Waals surface area contributed by atoms with Crippen LogP contribution >= 0.6 is 0 Å². The minimum Gasteiger partial charge on any atom is -0.378 e. The lowest BCUT2D eigenvalue weighted by Crippen LogP contribution is -2.47. The van der Waals surface area contributed by atoms with E-state index < -0.39 is 0 Å². The smallest absolute Gasteiger partial charge is 0.227 e. The predicted molar refractivity (Wildman–Crippen MR) is 98.5 cm³/mol. The molecule has 2 unspecified atom stereocenters. The van der Waals surface area contributed by atoms with E-state index in [2.05, 4.69) is 0 Å². The lowest BCUT2D eigenvalue weighted by Gasteiger charge is -2.36. The van der Waals surface area contributed by atoms with E-state index in [0.717, 1.165) is 25.7 Å². The van der Waals surface area contributed by atoms with Gasteiger partial charge in [0.1, 0.15) is 5.82 Å². The molecule has 1 aromatic rings. The highest BCUT2D eigenvalue weighted by Gasteiger charge is 2.52. The average Bonchev–Trinajstić information content (AvgIpc) is 3.29. The molecular weight excluding hydrogens is 347 g/mol. The summed E-state index contributed by atoms with van der Waals surface area (Å²) >= 11 is 0. The number of benzene rings is 1. The molecule has 3 fully saturated rings. The van der Waals surface area contributed by atoms with Crippen molar-refractivity contribution in [1.82, 2.24) is 9.80 Å². The van der Waals surface area contributed by atoms with Crippen LogP contribution in [0.1, 0.15) is 31.2 Å². The number of halogens is 1. The number of likely N-dealkylation sites (tertiary alicyclic amines) is 1. The first-order chi connectivity index (χ1) is 13.1. The van der Waals surface area contributed by atoms with Crippen LogP contribution in [-0.2, 0) is 20.7 Å². The number of hydrogen-bond donors (Lipinski definition) is 0. The van der Waals surface area contributed by atoms with Gasteiger partial charge in [-0.15, -0.1) is 0 Å².